The van der Waals surface area contributed by atoms with Gasteiger partial charge in [0.1, 0.15) is 22.8 Å². The molecule has 9 nitrogen and oxygen atoms in total. The molecule has 2 aromatic heterocycles. The number of hydrogen-bond donors (Lipinski definition) is 0. The summed E-state index contributed by atoms with van der Waals surface area (Å²) in [5.41, 5.74) is 2.08. The van der Waals surface area contributed by atoms with Crippen molar-refractivity contribution in [2.24, 2.45) is 7.05 Å². The third-order valence-electron chi connectivity index (χ3n) is 6.70. The maximum Gasteiger partial charge on any atom is 0.296 e. The lowest BCUT2D eigenvalue weighted by Gasteiger charge is -2.24. The quantitative estimate of drug-likeness (QED) is 0.318. The molecule has 1 amide bonds. The van der Waals surface area contributed by atoms with Gasteiger partial charge in [-0.05, 0) is 49.4 Å². The van der Waals surface area contributed by atoms with Gasteiger partial charge in [-0.2, -0.15) is 9.78 Å². The van der Waals surface area contributed by atoms with Gasteiger partial charge in [-0.3, -0.25) is 9.59 Å². The molecular formula is C29H28N4O5. The highest BCUT2D eigenvalue weighted by Gasteiger charge is 2.28. The van der Waals surface area contributed by atoms with Crippen molar-refractivity contribution in [1.29, 1.82) is 0 Å². The van der Waals surface area contributed by atoms with E-state index in [1.165, 1.54) is 4.68 Å². The van der Waals surface area contributed by atoms with E-state index >= 15 is 0 Å². The first-order chi connectivity index (χ1) is 18.4. The first kappa shape index (κ1) is 24.9. The zero-order valence-electron chi connectivity index (χ0n) is 21.9. The van der Waals surface area contributed by atoms with E-state index in [1.54, 1.807) is 68.7 Å². The number of aromatic nitrogens is 3. The number of amides is 1. The Hall–Kier alpha value is -4.79. The molecule has 194 valence electrons. The molecule has 0 unspecified atom stereocenters. The molecule has 0 spiro atoms. The molecule has 2 heterocycles. The molecule has 3 aromatic carbocycles. The molecule has 9 heteroatoms. The molecule has 5 rings (SSSR count). The van der Waals surface area contributed by atoms with Gasteiger partial charge in [0.25, 0.3) is 11.5 Å². The molecule has 0 saturated carbocycles. The van der Waals surface area contributed by atoms with Crippen molar-refractivity contribution in [3.05, 3.63) is 82.8 Å². The van der Waals surface area contributed by atoms with Gasteiger partial charge in [0.2, 0.25) is 0 Å². The number of carbonyl (C=O) groups is 1. The van der Waals surface area contributed by atoms with E-state index in [2.05, 4.69) is 5.10 Å². The van der Waals surface area contributed by atoms with E-state index < -0.39 is 0 Å². The molecular weight excluding hydrogens is 484 g/mol. The number of ether oxygens (including phenoxy) is 3. The second kappa shape index (κ2) is 9.93. The minimum atomic E-state index is -0.373. The van der Waals surface area contributed by atoms with E-state index in [1.807, 2.05) is 42.8 Å². The minimum Gasteiger partial charge on any atom is -0.497 e. The van der Waals surface area contributed by atoms with E-state index in [4.69, 9.17) is 14.2 Å². The van der Waals surface area contributed by atoms with Crippen LogP contribution in [0.2, 0.25) is 0 Å². The lowest BCUT2D eigenvalue weighted by atomic mass is 10.1. The molecule has 0 aliphatic rings. The van der Waals surface area contributed by atoms with Crippen LogP contribution in [0.3, 0.4) is 0 Å². The highest BCUT2D eigenvalue weighted by Crippen LogP contribution is 2.35. The van der Waals surface area contributed by atoms with Gasteiger partial charge < -0.3 is 23.7 Å². The van der Waals surface area contributed by atoms with Gasteiger partial charge in [-0.1, -0.05) is 18.2 Å². The maximum atomic E-state index is 14.3. The minimum absolute atomic E-state index is 0.152. The zero-order chi connectivity index (χ0) is 27.0. The molecule has 0 aliphatic heterocycles. The van der Waals surface area contributed by atoms with Crippen molar-refractivity contribution in [2.75, 3.05) is 32.8 Å². The third-order valence-corrected chi connectivity index (χ3v) is 6.70. The number of benzene rings is 3. The van der Waals surface area contributed by atoms with E-state index in [-0.39, 0.29) is 17.2 Å². The zero-order valence-corrected chi connectivity index (χ0v) is 21.9. The number of nitrogens with zero attached hydrogens (tertiary/aromatic N) is 4. The van der Waals surface area contributed by atoms with Crippen molar-refractivity contribution >= 4 is 33.4 Å². The van der Waals surface area contributed by atoms with Gasteiger partial charge in [-0.25, -0.2) is 0 Å². The number of fused-ring (bicyclic) bond motifs is 3. The number of aryl methyl sites for hydroxylation is 1. The number of methoxy groups -OCH3 is 3. The van der Waals surface area contributed by atoms with Gasteiger partial charge in [0.15, 0.2) is 5.69 Å². The number of rotatable bonds is 7. The largest absolute Gasteiger partial charge is 0.497 e. The van der Waals surface area contributed by atoms with E-state index in [0.29, 0.717) is 46.1 Å². The number of para-hydroxylation sites is 1. The highest BCUT2D eigenvalue weighted by molar-refractivity contribution is 6.20. The Bertz CT molecular complexity index is 1720. The summed E-state index contributed by atoms with van der Waals surface area (Å²) in [5, 5.41) is 5.94. The van der Waals surface area contributed by atoms with Gasteiger partial charge in [0.05, 0.1) is 32.7 Å². The Morgan fingerprint density at radius 3 is 2.26 bits per heavy atom. The predicted octanol–water partition coefficient (Wildman–Crippen LogP) is 4.57. The number of hydrogen-bond acceptors (Lipinski definition) is 6. The van der Waals surface area contributed by atoms with Crippen LogP contribution in [0.15, 0.2) is 71.5 Å². The summed E-state index contributed by atoms with van der Waals surface area (Å²) in [6, 6.07) is 19.8. The molecule has 0 atom stereocenters. The monoisotopic (exact) mass is 512 g/mol. The second-order valence-corrected chi connectivity index (χ2v) is 8.65. The van der Waals surface area contributed by atoms with Crippen LogP contribution in [0, 0.1) is 0 Å². The average Bonchev–Trinajstić information content (AvgIpc) is 3.26. The van der Waals surface area contributed by atoms with Crippen molar-refractivity contribution in [2.45, 2.75) is 6.92 Å². The van der Waals surface area contributed by atoms with E-state index in [9.17, 15) is 9.59 Å². The van der Waals surface area contributed by atoms with Crippen LogP contribution in [0.4, 0.5) is 5.69 Å². The van der Waals surface area contributed by atoms with Crippen molar-refractivity contribution in [3.8, 4) is 22.9 Å². The lowest BCUT2D eigenvalue weighted by Crippen LogP contribution is -2.34. The normalized spacial score (nSPS) is 11.1. The van der Waals surface area contributed by atoms with E-state index in [0.717, 1.165) is 10.9 Å². The number of anilines is 1. The van der Waals surface area contributed by atoms with Crippen LogP contribution < -0.4 is 24.7 Å². The lowest BCUT2D eigenvalue weighted by molar-refractivity contribution is 0.0983. The fraction of sp³-hybridized carbons (Fsp3) is 0.207. The van der Waals surface area contributed by atoms with Crippen LogP contribution in [0.1, 0.15) is 17.4 Å². The standard InChI is InChI=1S/C29H28N4O5/c1-6-32(23-17-20(37-4)15-16-24(23)38-5)28(34)26-25-21-9-7-8-10-22(21)31(2)27(25)29(35)33(30-26)18-11-13-19(36-3)14-12-18/h7-17H,6H2,1-5H3. The summed E-state index contributed by atoms with van der Waals surface area (Å²) in [5.74, 6) is 1.37. The molecule has 0 N–H and O–H groups in total. The first-order valence-electron chi connectivity index (χ1n) is 12.1. The Morgan fingerprint density at radius 2 is 1.61 bits per heavy atom. The molecule has 5 aromatic rings. The van der Waals surface area contributed by atoms with Crippen LogP contribution in [0.5, 0.6) is 17.2 Å². The maximum absolute atomic E-state index is 14.3. The molecule has 0 fully saturated rings. The molecule has 0 bridgehead atoms. The van der Waals surface area contributed by atoms with Gasteiger partial charge >= 0.3 is 0 Å². The Labute approximate surface area is 219 Å². The van der Waals surface area contributed by atoms with Crippen LogP contribution in [-0.4, -0.2) is 48.1 Å². The third kappa shape index (κ3) is 3.92. The van der Waals surface area contributed by atoms with Crippen LogP contribution in [0.25, 0.3) is 27.5 Å². The summed E-state index contributed by atoms with van der Waals surface area (Å²) >= 11 is 0. The summed E-state index contributed by atoms with van der Waals surface area (Å²) in [6.45, 7) is 2.20. The molecule has 0 aliphatic carbocycles. The fourth-order valence-corrected chi connectivity index (χ4v) is 4.79. The van der Waals surface area contributed by atoms with Crippen molar-refractivity contribution < 1.29 is 19.0 Å². The van der Waals surface area contributed by atoms with Crippen LogP contribution in [-0.2, 0) is 7.05 Å². The second-order valence-electron chi connectivity index (χ2n) is 8.65. The van der Waals surface area contributed by atoms with Crippen molar-refractivity contribution in [1.82, 2.24) is 14.3 Å². The van der Waals surface area contributed by atoms with Crippen LogP contribution >= 0.6 is 0 Å². The SMILES string of the molecule is CCN(C(=O)c1nn(-c2ccc(OC)cc2)c(=O)c2c1c1ccccc1n2C)c1cc(OC)ccc1OC. The average molecular weight is 513 g/mol. The Balaban J connectivity index is 1.82. The Morgan fingerprint density at radius 1 is 0.921 bits per heavy atom. The summed E-state index contributed by atoms with van der Waals surface area (Å²) < 4.78 is 19.3. The molecule has 38 heavy (non-hydrogen) atoms. The molecule has 0 saturated heterocycles. The van der Waals surface area contributed by atoms with Gasteiger partial charge in [0, 0.05) is 35.9 Å². The number of carbonyl (C=O) groups excluding carboxylic acids is 1. The van der Waals surface area contributed by atoms with Crippen molar-refractivity contribution in [3.63, 3.8) is 0 Å². The summed E-state index contributed by atoms with van der Waals surface area (Å²) in [7, 11) is 6.51. The van der Waals surface area contributed by atoms with Gasteiger partial charge in [-0.15, -0.1) is 0 Å². The Kier molecular flexibility index (Phi) is 6.50. The summed E-state index contributed by atoms with van der Waals surface area (Å²) in [6.07, 6.45) is 0. The smallest absolute Gasteiger partial charge is 0.296 e. The summed E-state index contributed by atoms with van der Waals surface area (Å²) in [4.78, 5) is 29.7. The topological polar surface area (TPSA) is 87.8 Å². The fourth-order valence-electron chi connectivity index (χ4n) is 4.79. The predicted molar refractivity (Wildman–Crippen MR) is 147 cm³/mol. The first-order valence-corrected chi connectivity index (χ1v) is 12.1. The highest BCUT2D eigenvalue weighted by atomic mass is 16.5. The molecule has 0 radical (unpaired) electrons.